The largest absolute Gasteiger partial charge is 0.384 e. The Labute approximate surface area is 94.1 Å². The summed E-state index contributed by atoms with van der Waals surface area (Å²) < 4.78 is 1.89. The van der Waals surface area contributed by atoms with Crippen molar-refractivity contribution in [2.75, 3.05) is 5.73 Å². The highest BCUT2D eigenvalue weighted by Gasteiger charge is 2.23. The molecule has 1 aliphatic rings. The monoisotopic (exact) mass is 214 g/mol. The van der Waals surface area contributed by atoms with E-state index in [1.807, 2.05) is 28.9 Å². The molecule has 2 aromatic rings. The first kappa shape index (κ1) is 9.39. The molecule has 0 unspecified atom stereocenters. The van der Waals surface area contributed by atoms with E-state index in [0.29, 0.717) is 0 Å². The molecule has 1 aliphatic carbocycles. The number of nitrogen functional groups attached to an aromatic ring is 1. The Morgan fingerprint density at radius 3 is 2.88 bits per heavy atom. The van der Waals surface area contributed by atoms with Gasteiger partial charge < -0.3 is 5.73 Å². The van der Waals surface area contributed by atoms with Gasteiger partial charge in [-0.25, -0.2) is 4.68 Å². The fraction of sp³-hybridized carbons (Fsp3) is 0.333. The Hall–Kier alpha value is -1.84. The Morgan fingerprint density at radius 2 is 2.19 bits per heavy atom. The molecule has 0 bridgehead atoms. The predicted octanol–water partition coefficient (Wildman–Crippen LogP) is 1.94. The van der Waals surface area contributed by atoms with Crippen molar-refractivity contribution in [3.8, 4) is 11.4 Å². The first-order valence-electron chi connectivity index (χ1n) is 5.57. The lowest BCUT2D eigenvalue weighted by Crippen LogP contribution is -2.05. The number of hydrogen-bond acceptors (Lipinski definition) is 3. The summed E-state index contributed by atoms with van der Waals surface area (Å²) in [6.07, 6.45) is 4.38. The highest BCUT2D eigenvalue weighted by molar-refractivity contribution is 5.57. The summed E-state index contributed by atoms with van der Waals surface area (Å²) in [6.45, 7) is 0.943. The highest BCUT2D eigenvalue weighted by atomic mass is 15.3. The maximum Gasteiger partial charge on any atom is 0.122 e. The van der Waals surface area contributed by atoms with Crippen molar-refractivity contribution in [3.05, 3.63) is 30.5 Å². The predicted molar refractivity (Wildman–Crippen MR) is 62.6 cm³/mol. The molecule has 1 fully saturated rings. The molecule has 0 aliphatic heterocycles. The average molecular weight is 214 g/mol. The quantitative estimate of drug-likeness (QED) is 0.849. The summed E-state index contributed by atoms with van der Waals surface area (Å²) in [4.78, 5) is 4.27. The van der Waals surface area contributed by atoms with Crippen molar-refractivity contribution >= 4 is 5.82 Å². The molecule has 2 N–H and O–H groups in total. The molecule has 16 heavy (non-hydrogen) atoms. The molecule has 4 nitrogen and oxygen atoms in total. The summed E-state index contributed by atoms with van der Waals surface area (Å²) >= 11 is 0. The van der Waals surface area contributed by atoms with Crippen LogP contribution < -0.4 is 5.73 Å². The van der Waals surface area contributed by atoms with Crippen LogP contribution in [0.4, 0.5) is 5.82 Å². The number of rotatable bonds is 3. The lowest BCUT2D eigenvalue weighted by molar-refractivity contribution is 0.572. The summed E-state index contributed by atoms with van der Waals surface area (Å²) in [5.74, 6) is 1.51. The standard InChI is InChI=1S/C12H14N4/c13-12-7-11(10-3-1-2-6-14-10)15-16(12)8-9-4-5-9/h1-3,6-7,9H,4-5,8,13H2. The van der Waals surface area contributed by atoms with Gasteiger partial charge in [0.15, 0.2) is 0 Å². The number of nitrogens with two attached hydrogens (primary N) is 1. The molecule has 0 spiro atoms. The fourth-order valence-electron chi connectivity index (χ4n) is 1.76. The molecule has 2 heterocycles. The number of anilines is 1. The van der Waals surface area contributed by atoms with Crippen molar-refractivity contribution in [1.29, 1.82) is 0 Å². The van der Waals surface area contributed by atoms with Crippen LogP contribution in [-0.2, 0) is 6.54 Å². The molecule has 1 saturated carbocycles. The first-order chi connectivity index (χ1) is 7.83. The molecule has 3 rings (SSSR count). The number of nitrogens with zero attached hydrogens (tertiary/aromatic N) is 3. The SMILES string of the molecule is Nc1cc(-c2ccccn2)nn1CC1CC1. The molecular weight excluding hydrogens is 200 g/mol. The molecule has 0 aromatic carbocycles. The van der Waals surface area contributed by atoms with Crippen LogP contribution in [0.25, 0.3) is 11.4 Å². The topological polar surface area (TPSA) is 56.7 Å². The minimum Gasteiger partial charge on any atom is -0.384 e. The molecule has 2 aromatic heterocycles. The summed E-state index contributed by atoms with van der Waals surface area (Å²) in [5.41, 5.74) is 7.67. The third-order valence-corrected chi connectivity index (χ3v) is 2.87. The van der Waals surface area contributed by atoms with E-state index in [0.717, 1.165) is 29.7 Å². The molecule has 0 radical (unpaired) electrons. The zero-order valence-corrected chi connectivity index (χ0v) is 9.00. The van der Waals surface area contributed by atoms with E-state index in [2.05, 4.69) is 10.1 Å². The van der Waals surface area contributed by atoms with Crippen molar-refractivity contribution < 1.29 is 0 Å². The van der Waals surface area contributed by atoms with E-state index < -0.39 is 0 Å². The van der Waals surface area contributed by atoms with E-state index in [9.17, 15) is 0 Å². The minimum absolute atomic E-state index is 0.729. The van der Waals surface area contributed by atoms with Crippen LogP contribution in [0.5, 0.6) is 0 Å². The van der Waals surface area contributed by atoms with Crippen LogP contribution in [-0.4, -0.2) is 14.8 Å². The second kappa shape index (κ2) is 3.63. The van der Waals surface area contributed by atoms with Crippen LogP contribution in [0.15, 0.2) is 30.5 Å². The van der Waals surface area contributed by atoms with Gasteiger partial charge in [0.05, 0.1) is 5.69 Å². The Balaban J connectivity index is 1.90. The van der Waals surface area contributed by atoms with Gasteiger partial charge in [-0.1, -0.05) is 6.07 Å². The van der Waals surface area contributed by atoms with E-state index in [1.54, 1.807) is 6.20 Å². The minimum atomic E-state index is 0.729. The van der Waals surface area contributed by atoms with Crippen molar-refractivity contribution in [3.63, 3.8) is 0 Å². The average Bonchev–Trinajstić information content (AvgIpc) is 3.05. The summed E-state index contributed by atoms with van der Waals surface area (Å²) in [5, 5.41) is 4.49. The highest BCUT2D eigenvalue weighted by Crippen LogP contribution is 2.31. The van der Waals surface area contributed by atoms with E-state index in [1.165, 1.54) is 12.8 Å². The second-order valence-electron chi connectivity index (χ2n) is 4.29. The normalized spacial score (nSPS) is 15.2. The molecule has 0 atom stereocenters. The lowest BCUT2D eigenvalue weighted by atomic mass is 10.3. The first-order valence-corrected chi connectivity index (χ1v) is 5.57. The second-order valence-corrected chi connectivity index (χ2v) is 4.29. The Kier molecular flexibility index (Phi) is 2.13. The van der Waals surface area contributed by atoms with Gasteiger partial charge in [0.1, 0.15) is 11.5 Å². The molecular formula is C12H14N4. The van der Waals surface area contributed by atoms with Gasteiger partial charge in [-0.15, -0.1) is 0 Å². The van der Waals surface area contributed by atoms with E-state index >= 15 is 0 Å². The summed E-state index contributed by atoms with van der Waals surface area (Å²) in [7, 11) is 0. The Morgan fingerprint density at radius 1 is 1.31 bits per heavy atom. The zero-order chi connectivity index (χ0) is 11.0. The van der Waals surface area contributed by atoms with Gasteiger partial charge in [-0.2, -0.15) is 5.10 Å². The number of aromatic nitrogens is 3. The maximum atomic E-state index is 5.93. The van der Waals surface area contributed by atoms with Crippen molar-refractivity contribution in [1.82, 2.24) is 14.8 Å². The van der Waals surface area contributed by atoms with Crippen LogP contribution >= 0.6 is 0 Å². The van der Waals surface area contributed by atoms with Gasteiger partial charge in [-0.3, -0.25) is 4.98 Å². The van der Waals surface area contributed by atoms with Gasteiger partial charge in [0.25, 0.3) is 0 Å². The van der Waals surface area contributed by atoms with E-state index in [4.69, 9.17) is 5.73 Å². The van der Waals surface area contributed by atoms with Crippen molar-refractivity contribution in [2.24, 2.45) is 5.92 Å². The zero-order valence-electron chi connectivity index (χ0n) is 9.00. The van der Waals surface area contributed by atoms with Gasteiger partial charge in [0, 0.05) is 18.8 Å². The number of pyridine rings is 1. The molecule has 0 saturated heterocycles. The van der Waals surface area contributed by atoms with Crippen LogP contribution in [0.3, 0.4) is 0 Å². The van der Waals surface area contributed by atoms with Crippen LogP contribution in [0.2, 0.25) is 0 Å². The van der Waals surface area contributed by atoms with Crippen LogP contribution in [0.1, 0.15) is 12.8 Å². The van der Waals surface area contributed by atoms with E-state index in [-0.39, 0.29) is 0 Å². The van der Waals surface area contributed by atoms with Gasteiger partial charge >= 0.3 is 0 Å². The molecule has 0 amide bonds. The fourth-order valence-corrected chi connectivity index (χ4v) is 1.76. The van der Waals surface area contributed by atoms with Gasteiger partial charge in [-0.05, 0) is 30.9 Å². The number of hydrogen-bond donors (Lipinski definition) is 1. The Bertz CT molecular complexity index is 485. The van der Waals surface area contributed by atoms with Gasteiger partial charge in [0.2, 0.25) is 0 Å². The van der Waals surface area contributed by atoms with Crippen molar-refractivity contribution in [2.45, 2.75) is 19.4 Å². The molecule has 82 valence electrons. The molecule has 4 heteroatoms. The summed E-state index contributed by atoms with van der Waals surface area (Å²) in [6, 6.07) is 7.69. The lowest BCUT2D eigenvalue weighted by Gasteiger charge is -2.00. The van der Waals surface area contributed by atoms with Crippen LogP contribution in [0, 0.1) is 5.92 Å². The smallest absolute Gasteiger partial charge is 0.122 e. The third-order valence-electron chi connectivity index (χ3n) is 2.87. The maximum absolute atomic E-state index is 5.93. The third kappa shape index (κ3) is 1.78.